The lowest BCUT2D eigenvalue weighted by molar-refractivity contribution is 0.102. The predicted octanol–water partition coefficient (Wildman–Crippen LogP) is 4.78. The summed E-state index contributed by atoms with van der Waals surface area (Å²) < 4.78 is 0. The summed E-state index contributed by atoms with van der Waals surface area (Å²) >= 11 is 13.4. The first-order chi connectivity index (χ1) is 9.85. The number of nitrogens with one attached hydrogen (secondary N) is 1. The molecule has 1 aromatic heterocycles. The molecule has 2 rings (SSSR count). The fourth-order valence-electron chi connectivity index (χ4n) is 1.57. The molecule has 0 aliphatic rings. The van der Waals surface area contributed by atoms with Gasteiger partial charge in [0.15, 0.2) is 0 Å². The Balaban J connectivity index is 2.21. The van der Waals surface area contributed by atoms with Crippen molar-refractivity contribution in [2.75, 3.05) is 5.32 Å². The average Bonchev–Trinajstić information content (AvgIpc) is 2.87. The van der Waals surface area contributed by atoms with Crippen LogP contribution >= 0.6 is 34.5 Å². The van der Waals surface area contributed by atoms with Gasteiger partial charge in [0.2, 0.25) is 5.13 Å². The maximum Gasteiger partial charge on any atom is 0.260 e. The van der Waals surface area contributed by atoms with Crippen LogP contribution < -0.4 is 5.32 Å². The standard InChI is InChI=1S/C14H15Cl2N3OS/c1-4-14(2,3)12-18-19-13(21-12)17-11(20)10-8(15)6-5-7-9(10)16/h5-7H,4H2,1-3H3,(H,17,19,20). The second-order valence-corrected chi connectivity index (χ2v) is 6.99. The second-order valence-electron chi connectivity index (χ2n) is 5.20. The van der Waals surface area contributed by atoms with Gasteiger partial charge in [-0.05, 0) is 18.6 Å². The Hall–Kier alpha value is -1.17. The minimum Gasteiger partial charge on any atom is -0.296 e. The van der Waals surface area contributed by atoms with Crippen LogP contribution in [0.4, 0.5) is 5.13 Å². The van der Waals surface area contributed by atoms with Crippen LogP contribution in [0.5, 0.6) is 0 Å². The van der Waals surface area contributed by atoms with Crippen molar-refractivity contribution in [2.24, 2.45) is 0 Å². The van der Waals surface area contributed by atoms with E-state index in [-0.39, 0.29) is 16.9 Å². The highest BCUT2D eigenvalue weighted by Crippen LogP contribution is 2.32. The van der Waals surface area contributed by atoms with Crippen LogP contribution in [-0.4, -0.2) is 16.1 Å². The van der Waals surface area contributed by atoms with Crippen molar-refractivity contribution in [1.82, 2.24) is 10.2 Å². The molecule has 2 aromatic rings. The van der Waals surface area contributed by atoms with Gasteiger partial charge in [0.25, 0.3) is 5.91 Å². The number of hydrogen-bond acceptors (Lipinski definition) is 4. The number of hydrogen-bond donors (Lipinski definition) is 1. The van der Waals surface area contributed by atoms with Gasteiger partial charge in [-0.3, -0.25) is 10.1 Å². The van der Waals surface area contributed by atoms with E-state index in [1.807, 2.05) is 0 Å². The molecule has 0 aliphatic carbocycles. The van der Waals surface area contributed by atoms with E-state index < -0.39 is 0 Å². The summed E-state index contributed by atoms with van der Waals surface area (Å²) in [5.41, 5.74) is 0.176. The quantitative estimate of drug-likeness (QED) is 0.868. The minimum absolute atomic E-state index is 0.0668. The third kappa shape index (κ3) is 3.54. The summed E-state index contributed by atoms with van der Waals surface area (Å²) in [6.45, 7) is 6.26. The van der Waals surface area contributed by atoms with E-state index in [2.05, 4.69) is 36.3 Å². The van der Waals surface area contributed by atoms with E-state index >= 15 is 0 Å². The van der Waals surface area contributed by atoms with Gasteiger partial charge in [-0.15, -0.1) is 10.2 Å². The smallest absolute Gasteiger partial charge is 0.260 e. The van der Waals surface area contributed by atoms with Crippen molar-refractivity contribution in [3.8, 4) is 0 Å². The molecule has 0 saturated carbocycles. The zero-order valence-electron chi connectivity index (χ0n) is 11.9. The van der Waals surface area contributed by atoms with Gasteiger partial charge in [0, 0.05) is 5.41 Å². The molecule has 0 bridgehead atoms. The van der Waals surface area contributed by atoms with Gasteiger partial charge in [-0.25, -0.2) is 0 Å². The lowest BCUT2D eigenvalue weighted by Gasteiger charge is -2.17. The maximum atomic E-state index is 12.2. The third-order valence-electron chi connectivity index (χ3n) is 3.30. The number of carbonyl (C=O) groups excluding carboxylic acids is 1. The van der Waals surface area contributed by atoms with Gasteiger partial charge >= 0.3 is 0 Å². The third-order valence-corrected chi connectivity index (χ3v) is 5.13. The Labute approximate surface area is 137 Å². The number of benzene rings is 1. The fraction of sp³-hybridized carbons (Fsp3) is 0.357. The molecule has 1 aromatic carbocycles. The largest absolute Gasteiger partial charge is 0.296 e. The molecule has 0 unspecified atom stereocenters. The van der Waals surface area contributed by atoms with Gasteiger partial charge in [-0.2, -0.15) is 0 Å². The molecule has 1 N–H and O–H groups in total. The molecule has 0 aliphatic heterocycles. The van der Waals surface area contributed by atoms with Crippen molar-refractivity contribution in [3.63, 3.8) is 0 Å². The van der Waals surface area contributed by atoms with Crippen LogP contribution in [0.25, 0.3) is 0 Å². The zero-order valence-corrected chi connectivity index (χ0v) is 14.2. The molecular formula is C14H15Cl2N3OS. The molecule has 112 valence electrons. The SMILES string of the molecule is CCC(C)(C)c1nnc(NC(=O)c2c(Cl)cccc2Cl)s1. The number of aromatic nitrogens is 2. The van der Waals surface area contributed by atoms with Crippen LogP contribution in [0.3, 0.4) is 0 Å². The van der Waals surface area contributed by atoms with E-state index in [1.54, 1.807) is 18.2 Å². The lowest BCUT2D eigenvalue weighted by Crippen LogP contribution is -2.14. The number of carbonyl (C=O) groups is 1. The number of amides is 1. The normalized spacial score (nSPS) is 11.5. The summed E-state index contributed by atoms with van der Waals surface area (Å²) in [5.74, 6) is -0.386. The summed E-state index contributed by atoms with van der Waals surface area (Å²) in [5, 5.41) is 12.8. The highest BCUT2D eigenvalue weighted by molar-refractivity contribution is 7.15. The van der Waals surface area contributed by atoms with E-state index in [4.69, 9.17) is 23.2 Å². The van der Waals surface area contributed by atoms with Crippen molar-refractivity contribution in [2.45, 2.75) is 32.6 Å². The van der Waals surface area contributed by atoms with Gasteiger partial charge in [0.1, 0.15) is 5.01 Å². The maximum absolute atomic E-state index is 12.2. The fourth-order valence-corrected chi connectivity index (χ4v) is 3.05. The number of rotatable bonds is 4. The molecule has 7 heteroatoms. The minimum atomic E-state index is -0.386. The topological polar surface area (TPSA) is 54.9 Å². The highest BCUT2D eigenvalue weighted by atomic mass is 35.5. The van der Waals surface area contributed by atoms with Crippen molar-refractivity contribution in [1.29, 1.82) is 0 Å². The Bertz CT molecular complexity index is 650. The van der Waals surface area contributed by atoms with E-state index in [1.165, 1.54) is 11.3 Å². The molecule has 0 fully saturated rings. The highest BCUT2D eigenvalue weighted by Gasteiger charge is 2.24. The summed E-state index contributed by atoms with van der Waals surface area (Å²) in [6.07, 6.45) is 0.936. The van der Waals surface area contributed by atoms with Gasteiger partial charge < -0.3 is 0 Å². The first-order valence-corrected chi connectivity index (χ1v) is 8.01. The van der Waals surface area contributed by atoms with Crippen molar-refractivity contribution >= 4 is 45.6 Å². The molecule has 0 saturated heterocycles. The number of halogens is 2. The van der Waals surface area contributed by atoms with Crippen molar-refractivity contribution in [3.05, 3.63) is 38.8 Å². The van der Waals surface area contributed by atoms with Crippen LogP contribution in [0.1, 0.15) is 42.6 Å². The molecular weight excluding hydrogens is 329 g/mol. The van der Waals surface area contributed by atoms with E-state index in [0.29, 0.717) is 15.2 Å². The van der Waals surface area contributed by atoms with Crippen LogP contribution in [0.2, 0.25) is 10.0 Å². The molecule has 0 radical (unpaired) electrons. The van der Waals surface area contributed by atoms with Crippen LogP contribution in [0.15, 0.2) is 18.2 Å². The molecule has 1 heterocycles. The molecule has 21 heavy (non-hydrogen) atoms. The summed E-state index contributed by atoms with van der Waals surface area (Å²) in [4.78, 5) is 12.2. The van der Waals surface area contributed by atoms with Gasteiger partial charge in [0.05, 0.1) is 15.6 Å². The molecule has 1 amide bonds. The van der Waals surface area contributed by atoms with Gasteiger partial charge in [-0.1, -0.05) is 61.4 Å². The Morgan fingerprint density at radius 1 is 1.29 bits per heavy atom. The Morgan fingerprint density at radius 2 is 1.90 bits per heavy atom. The van der Waals surface area contributed by atoms with Crippen LogP contribution in [0, 0.1) is 0 Å². The van der Waals surface area contributed by atoms with E-state index in [9.17, 15) is 4.79 Å². The first-order valence-electron chi connectivity index (χ1n) is 6.44. The number of nitrogens with zero attached hydrogens (tertiary/aromatic N) is 2. The zero-order chi connectivity index (χ0) is 15.6. The Morgan fingerprint density at radius 3 is 2.48 bits per heavy atom. The number of anilines is 1. The average molecular weight is 344 g/mol. The second kappa shape index (κ2) is 6.30. The molecule has 0 spiro atoms. The summed E-state index contributed by atoms with van der Waals surface area (Å²) in [6, 6.07) is 4.93. The Kier molecular flexibility index (Phi) is 4.86. The monoisotopic (exact) mass is 343 g/mol. The van der Waals surface area contributed by atoms with Crippen LogP contribution in [-0.2, 0) is 5.41 Å². The lowest BCUT2D eigenvalue weighted by atomic mass is 9.91. The molecule has 0 atom stereocenters. The first kappa shape index (κ1) is 16.2. The molecule has 4 nitrogen and oxygen atoms in total. The van der Waals surface area contributed by atoms with Crippen molar-refractivity contribution < 1.29 is 4.79 Å². The summed E-state index contributed by atoms with van der Waals surface area (Å²) in [7, 11) is 0. The van der Waals surface area contributed by atoms with E-state index in [0.717, 1.165) is 11.4 Å². The predicted molar refractivity (Wildman–Crippen MR) is 87.6 cm³/mol.